The first-order valence-corrected chi connectivity index (χ1v) is 8.73. The second-order valence-electron chi connectivity index (χ2n) is 5.58. The Balaban J connectivity index is 1.74. The van der Waals surface area contributed by atoms with Gasteiger partial charge in [0.1, 0.15) is 6.04 Å². The van der Waals surface area contributed by atoms with Crippen LogP contribution in [0.5, 0.6) is 0 Å². The molecule has 1 fully saturated rings. The Hall–Kier alpha value is -1.85. The Morgan fingerprint density at radius 1 is 1.35 bits per heavy atom. The smallest absolute Gasteiger partial charge is 0.264 e. The predicted octanol–water partition coefficient (Wildman–Crippen LogP) is 3.95. The van der Waals surface area contributed by atoms with E-state index < -0.39 is 6.04 Å². The van der Waals surface area contributed by atoms with Gasteiger partial charge < -0.3 is 10.2 Å². The molecule has 0 saturated carbocycles. The Morgan fingerprint density at radius 3 is 2.87 bits per heavy atom. The molecule has 0 aliphatic carbocycles. The Bertz CT molecular complexity index is 730. The minimum atomic E-state index is -0.417. The summed E-state index contributed by atoms with van der Waals surface area (Å²) < 4.78 is 0. The Kier molecular flexibility index (Phi) is 4.68. The number of aryl methyl sites for hydroxylation is 1. The van der Waals surface area contributed by atoms with Crippen LogP contribution in [-0.2, 0) is 4.79 Å². The van der Waals surface area contributed by atoms with Crippen LogP contribution in [0.4, 0.5) is 5.69 Å². The van der Waals surface area contributed by atoms with Crippen LogP contribution >= 0.6 is 22.9 Å². The van der Waals surface area contributed by atoms with Crippen molar-refractivity contribution < 1.29 is 9.59 Å². The van der Waals surface area contributed by atoms with Crippen molar-refractivity contribution in [1.29, 1.82) is 0 Å². The van der Waals surface area contributed by atoms with Gasteiger partial charge in [0.2, 0.25) is 5.91 Å². The van der Waals surface area contributed by atoms with Crippen LogP contribution in [0.25, 0.3) is 0 Å². The number of benzene rings is 1. The molecule has 1 aromatic carbocycles. The summed E-state index contributed by atoms with van der Waals surface area (Å²) in [7, 11) is 0. The summed E-state index contributed by atoms with van der Waals surface area (Å²) >= 11 is 7.34. The molecule has 0 radical (unpaired) electrons. The van der Waals surface area contributed by atoms with Gasteiger partial charge in [0.15, 0.2) is 0 Å². The lowest BCUT2D eigenvalue weighted by Gasteiger charge is -2.23. The summed E-state index contributed by atoms with van der Waals surface area (Å²) in [6.45, 7) is 2.51. The molecular formula is C17H17ClN2O2S. The zero-order valence-electron chi connectivity index (χ0n) is 12.7. The third-order valence-corrected chi connectivity index (χ3v) is 5.09. The predicted molar refractivity (Wildman–Crippen MR) is 93.2 cm³/mol. The molecule has 3 rings (SSSR count). The van der Waals surface area contributed by atoms with E-state index in [0.29, 0.717) is 22.9 Å². The van der Waals surface area contributed by atoms with Gasteiger partial charge >= 0.3 is 0 Å². The van der Waals surface area contributed by atoms with Crippen LogP contribution in [-0.4, -0.2) is 29.3 Å². The van der Waals surface area contributed by atoms with Crippen molar-refractivity contribution in [2.24, 2.45) is 0 Å². The topological polar surface area (TPSA) is 49.4 Å². The van der Waals surface area contributed by atoms with E-state index in [1.54, 1.807) is 29.2 Å². The maximum Gasteiger partial charge on any atom is 0.264 e. The summed E-state index contributed by atoms with van der Waals surface area (Å²) in [5.74, 6) is -0.205. The number of nitrogens with zero attached hydrogens (tertiary/aromatic N) is 1. The van der Waals surface area contributed by atoms with Gasteiger partial charge in [0.25, 0.3) is 5.91 Å². The lowest BCUT2D eigenvalue weighted by atomic mass is 10.1. The molecule has 2 heterocycles. The van der Waals surface area contributed by atoms with Gasteiger partial charge in [-0.25, -0.2) is 0 Å². The second-order valence-corrected chi connectivity index (χ2v) is 6.97. The average molecular weight is 349 g/mol. The number of hydrogen-bond donors (Lipinski definition) is 1. The molecule has 1 N–H and O–H groups in total. The molecule has 1 saturated heterocycles. The van der Waals surface area contributed by atoms with Gasteiger partial charge in [-0.05, 0) is 55.0 Å². The van der Waals surface area contributed by atoms with Crippen molar-refractivity contribution in [2.75, 3.05) is 11.9 Å². The van der Waals surface area contributed by atoms with E-state index in [9.17, 15) is 9.59 Å². The van der Waals surface area contributed by atoms with Crippen molar-refractivity contribution in [3.05, 3.63) is 51.2 Å². The molecule has 0 bridgehead atoms. The average Bonchev–Trinajstić information content (AvgIpc) is 3.20. The highest BCUT2D eigenvalue weighted by molar-refractivity contribution is 7.12. The fourth-order valence-electron chi connectivity index (χ4n) is 2.81. The van der Waals surface area contributed by atoms with Gasteiger partial charge in [0.05, 0.1) is 4.88 Å². The quantitative estimate of drug-likeness (QED) is 0.912. The van der Waals surface area contributed by atoms with E-state index in [2.05, 4.69) is 5.32 Å². The zero-order valence-corrected chi connectivity index (χ0v) is 14.3. The summed E-state index contributed by atoms with van der Waals surface area (Å²) in [5.41, 5.74) is 1.63. The van der Waals surface area contributed by atoms with Gasteiger partial charge in [0, 0.05) is 17.3 Å². The molecule has 1 aromatic heterocycles. The lowest BCUT2D eigenvalue weighted by molar-refractivity contribution is -0.119. The van der Waals surface area contributed by atoms with Crippen molar-refractivity contribution >= 4 is 40.4 Å². The normalized spacial score (nSPS) is 17.3. The molecule has 6 heteroatoms. The standard InChI is InChI=1S/C17H17ClN2O2S/c1-11-10-12(18)6-7-13(11)19-16(21)14-4-2-8-20(14)17(22)15-5-3-9-23-15/h3,5-7,9-10,14H,2,4,8H2,1H3,(H,19,21)/t14-/m0/s1. The number of likely N-dealkylation sites (tertiary alicyclic amines) is 1. The molecule has 23 heavy (non-hydrogen) atoms. The number of amides is 2. The van der Waals surface area contributed by atoms with Crippen molar-refractivity contribution in [2.45, 2.75) is 25.8 Å². The van der Waals surface area contributed by atoms with Crippen molar-refractivity contribution in [3.8, 4) is 0 Å². The van der Waals surface area contributed by atoms with Crippen LogP contribution in [0.2, 0.25) is 5.02 Å². The minimum absolute atomic E-state index is 0.0644. The maximum absolute atomic E-state index is 12.6. The number of thiophene rings is 1. The molecule has 1 aliphatic heterocycles. The first kappa shape index (κ1) is 16.0. The highest BCUT2D eigenvalue weighted by atomic mass is 35.5. The van der Waals surface area contributed by atoms with E-state index in [-0.39, 0.29) is 11.8 Å². The number of carbonyl (C=O) groups excluding carboxylic acids is 2. The third-order valence-electron chi connectivity index (χ3n) is 3.99. The summed E-state index contributed by atoms with van der Waals surface area (Å²) in [4.78, 5) is 27.5. The fourth-order valence-corrected chi connectivity index (χ4v) is 3.71. The molecule has 2 amide bonds. The molecule has 1 atom stereocenters. The molecule has 1 aliphatic rings. The van der Waals surface area contributed by atoms with Gasteiger partial charge in [-0.3, -0.25) is 9.59 Å². The van der Waals surface area contributed by atoms with E-state index in [1.807, 2.05) is 18.4 Å². The SMILES string of the molecule is Cc1cc(Cl)ccc1NC(=O)[C@@H]1CCCN1C(=O)c1cccs1. The van der Waals surface area contributed by atoms with Crippen LogP contribution < -0.4 is 5.32 Å². The van der Waals surface area contributed by atoms with Crippen molar-refractivity contribution in [3.63, 3.8) is 0 Å². The molecule has 2 aromatic rings. The van der Waals surface area contributed by atoms with Crippen molar-refractivity contribution in [1.82, 2.24) is 4.90 Å². The molecule has 0 spiro atoms. The largest absolute Gasteiger partial charge is 0.326 e. The number of anilines is 1. The number of nitrogens with one attached hydrogen (secondary N) is 1. The van der Waals surface area contributed by atoms with E-state index in [4.69, 9.17) is 11.6 Å². The van der Waals surface area contributed by atoms with E-state index in [0.717, 1.165) is 17.7 Å². The Labute approximate surface area is 144 Å². The van der Waals surface area contributed by atoms with E-state index in [1.165, 1.54) is 11.3 Å². The van der Waals surface area contributed by atoms with Crippen LogP contribution in [0.3, 0.4) is 0 Å². The van der Waals surface area contributed by atoms with Crippen LogP contribution in [0.15, 0.2) is 35.7 Å². The maximum atomic E-state index is 12.6. The monoisotopic (exact) mass is 348 g/mol. The zero-order chi connectivity index (χ0) is 16.4. The molecule has 4 nitrogen and oxygen atoms in total. The van der Waals surface area contributed by atoms with Gasteiger partial charge in [-0.2, -0.15) is 0 Å². The first-order chi connectivity index (χ1) is 11.1. The van der Waals surface area contributed by atoms with E-state index >= 15 is 0 Å². The highest BCUT2D eigenvalue weighted by Gasteiger charge is 2.35. The number of rotatable bonds is 3. The minimum Gasteiger partial charge on any atom is -0.326 e. The number of hydrogen-bond acceptors (Lipinski definition) is 3. The first-order valence-electron chi connectivity index (χ1n) is 7.48. The van der Waals surface area contributed by atoms with Crippen LogP contribution in [0, 0.1) is 6.92 Å². The lowest BCUT2D eigenvalue weighted by Crippen LogP contribution is -2.43. The van der Waals surface area contributed by atoms with Crippen LogP contribution in [0.1, 0.15) is 28.1 Å². The molecule has 0 unspecified atom stereocenters. The highest BCUT2D eigenvalue weighted by Crippen LogP contribution is 2.25. The third kappa shape index (κ3) is 3.41. The molecule has 120 valence electrons. The summed E-state index contributed by atoms with van der Waals surface area (Å²) in [6, 6.07) is 8.56. The number of carbonyl (C=O) groups is 2. The fraction of sp³-hybridized carbons (Fsp3) is 0.294. The number of halogens is 1. The summed E-state index contributed by atoms with van der Waals surface area (Å²) in [6.07, 6.45) is 1.53. The Morgan fingerprint density at radius 2 is 2.17 bits per heavy atom. The van der Waals surface area contributed by atoms with Gasteiger partial charge in [-0.15, -0.1) is 11.3 Å². The van der Waals surface area contributed by atoms with Gasteiger partial charge in [-0.1, -0.05) is 17.7 Å². The molecular weight excluding hydrogens is 332 g/mol. The summed E-state index contributed by atoms with van der Waals surface area (Å²) in [5, 5.41) is 5.43. The second kappa shape index (κ2) is 6.72.